The summed E-state index contributed by atoms with van der Waals surface area (Å²) >= 11 is 6.01. The SMILES string of the molecule is COc1ccc(C2=C(N3CCCc4ccccc43)C(=O)N(Cc3ccc(Cl)cc3)C2=O)cc1. The van der Waals surface area contributed by atoms with E-state index in [2.05, 4.69) is 6.07 Å². The lowest BCUT2D eigenvalue weighted by Crippen LogP contribution is -2.36. The molecule has 0 saturated carbocycles. The van der Waals surface area contributed by atoms with Crippen LogP contribution in [0, 0.1) is 0 Å². The summed E-state index contributed by atoms with van der Waals surface area (Å²) in [4.78, 5) is 30.8. The summed E-state index contributed by atoms with van der Waals surface area (Å²) in [6.07, 6.45) is 1.86. The van der Waals surface area contributed by atoms with Gasteiger partial charge < -0.3 is 9.64 Å². The molecule has 2 aliphatic rings. The highest BCUT2D eigenvalue weighted by Crippen LogP contribution is 2.38. The molecular weight excluding hydrogens is 436 g/mol. The zero-order valence-electron chi connectivity index (χ0n) is 18.3. The Balaban J connectivity index is 1.61. The van der Waals surface area contributed by atoms with Crippen molar-refractivity contribution in [2.75, 3.05) is 18.6 Å². The fourth-order valence-corrected chi connectivity index (χ4v) is 4.64. The summed E-state index contributed by atoms with van der Waals surface area (Å²) in [6.45, 7) is 0.868. The molecule has 3 aromatic carbocycles. The van der Waals surface area contributed by atoms with Crippen LogP contribution in [0.2, 0.25) is 5.02 Å². The van der Waals surface area contributed by atoms with Crippen LogP contribution in [-0.2, 0) is 22.6 Å². The maximum Gasteiger partial charge on any atom is 0.278 e. The largest absolute Gasteiger partial charge is 0.497 e. The van der Waals surface area contributed by atoms with E-state index in [1.807, 2.05) is 59.5 Å². The van der Waals surface area contributed by atoms with Crippen LogP contribution >= 0.6 is 11.6 Å². The van der Waals surface area contributed by atoms with Gasteiger partial charge in [0.2, 0.25) is 0 Å². The Bertz CT molecular complexity index is 1250. The van der Waals surface area contributed by atoms with Crippen molar-refractivity contribution < 1.29 is 14.3 Å². The molecule has 2 amide bonds. The summed E-state index contributed by atoms with van der Waals surface area (Å²) in [5.74, 6) is 0.120. The van der Waals surface area contributed by atoms with E-state index < -0.39 is 0 Å². The number of hydrogen-bond donors (Lipinski definition) is 0. The van der Waals surface area contributed by atoms with Gasteiger partial charge in [0.25, 0.3) is 11.8 Å². The van der Waals surface area contributed by atoms with Gasteiger partial charge >= 0.3 is 0 Å². The number of amides is 2. The summed E-state index contributed by atoms with van der Waals surface area (Å²) in [5, 5.41) is 0.612. The van der Waals surface area contributed by atoms with Crippen molar-refractivity contribution in [2.45, 2.75) is 19.4 Å². The average Bonchev–Trinajstić information content (AvgIpc) is 3.09. The van der Waals surface area contributed by atoms with Crippen LogP contribution in [0.1, 0.15) is 23.1 Å². The minimum Gasteiger partial charge on any atom is -0.497 e. The molecule has 6 heteroatoms. The van der Waals surface area contributed by atoms with E-state index in [0.717, 1.165) is 24.1 Å². The Morgan fingerprint density at radius 1 is 0.909 bits per heavy atom. The summed E-state index contributed by atoms with van der Waals surface area (Å²) < 4.78 is 5.28. The highest BCUT2D eigenvalue weighted by molar-refractivity contribution is 6.36. The van der Waals surface area contributed by atoms with Gasteiger partial charge in [-0.3, -0.25) is 14.5 Å². The van der Waals surface area contributed by atoms with E-state index in [9.17, 15) is 9.59 Å². The molecule has 33 heavy (non-hydrogen) atoms. The fraction of sp³-hybridized carbons (Fsp3) is 0.185. The van der Waals surface area contributed by atoms with Crippen LogP contribution in [0.3, 0.4) is 0 Å². The number of ether oxygens (including phenoxy) is 1. The van der Waals surface area contributed by atoms with Crippen molar-refractivity contribution in [1.82, 2.24) is 4.90 Å². The number of benzene rings is 3. The number of halogens is 1. The average molecular weight is 459 g/mol. The number of rotatable bonds is 5. The number of methoxy groups -OCH3 is 1. The van der Waals surface area contributed by atoms with Gasteiger partial charge in [0.15, 0.2) is 0 Å². The molecule has 0 atom stereocenters. The van der Waals surface area contributed by atoms with Crippen molar-refractivity contribution >= 4 is 34.7 Å². The Labute approximate surface area is 197 Å². The third-order valence-corrected chi connectivity index (χ3v) is 6.41. The predicted molar refractivity (Wildman–Crippen MR) is 129 cm³/mol. The molecule has 5 rings (SSSR count). The molecule has 0 aromatic heterocycles. The third kappa shape index (κ3) is 3.89. The molecule has 166 valence electrons. The molecule has 0 spiro atoms. The van der Waals surface area contributed by atoms with E-state index >= 15 is 0 Å². The normalized spacial score (nSPS) is 15.8. The van der Waals surface area contributed by atoms with Crippen LogP contribution in [0.25, 0.3) is 5.57 Å². The molecule has 0 saturated heterocycles. The number of carbonyl (C=O) groups is 2. The molecule has 0 N–H and O–H groups in total. The number of anilines is 1. The van der Waals surface area contributed by atoms with Crippen LogP contribution < -0.4 is 9.64 Å². The van der Waals surface area contributed by atoms with Crippen LogP contribution in [0.4, 0.5) is 5.69 Å². The van der Waals surface area contributed by atoms with Crippen molar-refractivity contribution in [1.29, 1.82) is 0 Å². The van der Waals surface area contributed by atoms with Gasteiger partial charge in [0.1, 0.15) is 11.4 Å². The van der Waals surface area contributed by atoms with Gasteiger partial charge in [0, 0.05) is 17.3 Å². The van der Waals surface area contributed by atoms with Crippen LogP contribution in [-0.4, -0.2) is 30.4 Å². The number of fused-ring (bicyclic) bond motifs is 1. The molecule has 5 nitrogen and oxygen atoms in total. The second kappa shape index (κ2) is 8.75. The molecular formula is C27H23ClN2O3. The number of para-hydroxylation sites is 1. The Morgan fingerprint density at radius 2 is 1.64 bits per heavy atom. The first-order chi connectivity index (χ1) is 16.1. The van der Waals surface area contributed by atoms with Gasteiger partial charge in [0.05, 0.1) is 19.2 Å². The van der Waals surface area contributed by atoms with Crippen LogP contribution in [0.15, 0.2) is 78.5 Å². The first-order valence-corrected chi connectivity index (χ1v) is 11.3. The third-order valence-electron chi connectivity index (χ3n) is 6.16. The lowest BCUT2D eigenvalue weighted by atomic mass is 9.98. The molecule has 0 bridgehead atoms. The van der Waals surface area contributed by atoms with E-state index in [4.69, 9.17) is 16.3 Å². The lowest BCUT2D eigenvalue weighted by molar-refractivity contribution is -0.137. The van der Waals surface area contributed by atoms with Crippen molar-refractivity contribution in [3.63, 3.8) is 0 Å². The Kier molecular flexibility index (Phi) is 5.65. The molecule has 3 aromatic rings. The monoisotopic (exact) mass is 458 g/mol. The number of imide groups is 1. The topological polar surface area (TPSA) is 49.9 Å². The highest BCUT2D eigenvalue weighted by atomic mass is 35.5. The number of hydrogen-bond acceptors (Lipinski definition) is 4. The molecule has 0 fully saturated rings. The van der Waals surface area contributed by atoms with Crippen molar-refractivity contribution in [2.24, 2.45) is 0 Å². The maximum absolute atomic E-state index is 13.8. The number of nitrogens with zero attached hydrogens (tertiary/aromatic N) is 2. The quantitative estimate of drug-likeness (QED) is 0.500. The first kappa shape index (κ1) is 21.3. The smallest absolute Gasteiger partial charge is 0.278 e. The fourth-order valence-electron chi connectivity index (χ4n) is 4.51. The second-order valence-electron chi connectivity index (χ2n) is 8.16. The highest BCUT2D eigenvalue weighted by Gasteiger charge is 2.42. The molecule has 2 aliphatic heterocycles. The van der Waals surface area contributed by atoms with E-state index in [1.54, 1.807) is 19.2 Å². The molecule has 0 aliphatic carbocycles. The minimum absolute atomic E-state index is 0.188. The van der Waals surface area contributed by atoms with Gasteiger partial charge in [-0.05, 0) is 59.9 Å². The number of aryl methyl sites for hydroxylation is 1. The minimum atomic E-state index is -0.293. The van der Waals surface area contributed by atoms with Crippen LogP contribution in [0.5, 0.6) is 5.75 Å². The first-order valence-electron chi connectivity index (χ1n) is 10.9. The Hall–Kier alpha value is -3.57. The summed E-state index contributed by atoms with van der Waals surface area (Å²) in [7, 11) is 1.60. The van der Waals surface area contributed by atoms with Crippen molar-refractivity contribution in [3.8, 4) is 5.75 Å². The van der Waals surface area contributed by atoms with Gasteiger partial charge in [-0.2, -0.15) is 0 Å². The van der Waals surface area contributed by atoms with Gasteiger partial charge in [-0.1, -0.05) is 54.1 Å². The van der Waals surface area contributed by atoms with Gasteiger partial charge in [-0.15, -0.1) is 0 Å². The standard InChI is InChI=1S/C27H23ClN2O3/c1-33-22-14-10-20(11-15-22)24-25(29-16-4-6-19-5-2-3-7-23(19)29)27(32)30(26(24)31)17-18-8-12-21(28)13-9-18/h2-3,5,7-15H,4,6,16-17H2,1H3. The van der Waals surface area contributed by atoms with E-state index in [0.29, 0.717) is 34.2 Å². The molecule has 0 unspecified atom stereocenters. The Morgan fingerprint density at radius 3 is 2.36 bits per heavy atom. The molecule has 2 heterocycles. The van der Waals surface area contributed by atoms with E-state index in [-0.39, 0.29) is 18.4 Å². The second-order valence-corrected chi connectivity index (χ2v) is 8.60. The lowest BCUT2D eigenvalue weighted by Gasteiger charge is -2.32. The zero-order valence-corrected chi connectivity index (χ0v) is 19.0. The predicted octanol–water partition coefficient (Wildman–Crippen LogP) is 5.08. The maximum atomic E-state index is 13.8. The van der Waals surface area contributed by atoms with Gasteiger partial charge in [-0.25, -0.2) is 0 Å². The number of carbonyl (C=O) groups excluding carboxylic acids is 2. The van der Waals surface area contributed by atoms with Crippen molar-refractivity contribution in [3.05, 3.63) is 100 Å². The molecule has 0 radical (unpaired) electrons. The zero-order chi connectivity index (χ0) is 22.9. The van der Waals surface area contributed by atoms with E-state index in [1.165, 1.54) is 10.5 Å². The summed E-state index contributed by atoms with van der Waals surface area (Å²) in [6, 6.07) is 22.6. The summed E-state index contributed by atoms with van der Waals surface area (Å²) in [5.41, 5.74) is 4.57.